The number of carbonyl (C=O) groups is 1. The van der Waals surface area contributed by atoms with Gasteiger partial charge in [0.15, 0.2) is 0 Å². The van der Waals surface area contributed by atoms with Crippen LogP contribution in [0.1, 0.15) is 5.56 Å². The summed E-state index contributed by atoms with van der Waals surface area (Å²) in [6, 6.07) is 4.88. The maximum Gasteiger partial charge on any atom is 0.321 e. The van der Waals surface area contributed by atoms with Gasteiger partial charge in [-0.25, -0.2) is 0 Å². The smallest absolute Gasteiger partial charge is 0.321 e. The Morgan fingerprint density at radius 1 is 1.29 bits per heavy atom. The van der Waals surface area contributed by atoms with E-state index >= 15 is 0 Å². The Morgan fingerprint density at radius 2 is 1.92 bits per heavy atom. The summed E-state index contributed by atoms with van der Waals surface area (Å²) < 4.78 is 5.04. The number of carboxylic acids is 1. The molecule has 7 N–H and O–H groups in total. The molecule has 9 nitrogen and oxygen atoms in total. The minimum atomic E-state index is -2.21. The molecular weight excluding hydrogens is 322 g/mol. The van der Waals surface area contributed by atoms with Crippen LogP contribution in [0.15, 0.2) is 24.3 Å². The molecule has 0 aliphatic carbocycles. The second kappa shape index (κ2) is 7.43. The fourth-order valence-electron chi connectivity index (χ4n) is 2.55. The third kappa shape index (κ3) is 4.01. The van der Waals surface area contributed by atoms with Crippen molar-refractivity contribution in [3.05, 3.63) is 29.8 Å². The SMILES string of the molecule is O=C(O)[C@H](Cc1ccc(O)cc1)NCC1(O)O[C@H](CO)[C@@H](O)[C@@H]1O. The summed E-state index contributed by atoms with van der Waals surface area (Å²) in [5, 5.41) is 59.8. The van der Waals surface area contributed by atoms with E-state index in [0.29, 0.717) is 5.56 Å². The van der Waals surface area contributed by atoms with E-state index in [2.05, 4.69) is 5.32 Å². The van der Waals surface area contributed by atoms with Gasteiger partial charge in [-0.3, -0.25) is 10.1 Å². The van der Waals surface area contributed by atoms with Gasteiger partial charge in [-0.05, 0) is 24.1 Å². The Bertz CT molecular complexity index is 565. The molecule has 0 saturated carbocycles. The lowest BCUT2D eigenvalue weighted by Crippen LogP contribution is -2.54. The number of carboxylic acid groups (broad SMARTS) is 1. The van der Waals surface area contributed by atoms with E-state index in [1.54, 1.807) is 12.1 Å². The molecule has 24 heavy (non-hydrogen) atoms. The van der Waals surface area contributed by atoms with E-state index in [-0.39, 0.29) is 12.2 Å². The second-order valence-electron chi connectivity index (χ2n) is 5.76. The predicted octanol–water partition coefficient (Wildman–Crippen LogP) is -2.22. The first-order valence-electron chi connectivity index (χ1n) is 7.38. The molecule has 1 aromatic rings. The average Bonchev–Trinajstić information content (AvgIpc) is 2.77. The third-order valence-corrected chi connectivity index (χ3v) is 3.98. The number of hydrogen-bond donors (Lipinski definition) is 7. The molecule has 1 aromatic carbocycles. The van der Waals surface area contributed by atoms with E-state index < -0.39 is 49.3 Å². The number of phenols is 1. The van der Waals surface area contributed by atoms with Crippen molar-refractivity contribution in [3.8, 4) is 5.75 Å². The van der Waals surface area contributed by atoms with Crippen molar-refractivity contribution in [2.75, 3.05) is 13.2 Å². The lowest BCUT2D eigenvalue weighted by molar-refractivity contribution is -0.227. The fraction of sp³-hybridized carbons (Fsp3) is 0.533. The molecule has 1 aliphatic heterocycles. The normalized spacial score (nSPS) is 31.1. The van der Waals surface area contributed by atoms with Crippen LogP contribution in [0, 0.1) is 0 Å². The van der Waals surface area contributed by atoms with Gasteiger partial charge in [0.25, 0.3) is 0 Å². The number of nitrogens with one attached hydrogen (secondary N) is 1. The summed E-state index contributed by atoms with van der Waals surface area (Å²) >= 11 is 0. The van der Waals surface area contributed by atoms with Crippen LogP contribution in [0.5, 0.6) is 5.75 Å². The van der Waals surface area contributed by atoms with Gasteiger partial charge in [0, 0.05) is 0 Å². The topological polar surface area (TPSA) is 160 Å². The first-order valence-corrected chi connectivity index (χ1v) is 7.38. The van der Waals surface area contributed by atoms with E-state index in [4.69, 9.17) is 9.84 Å². The van der Waals surface area contributed by atoms with Crippen molar-refractivity contribution in [1.82, 2.24) is 5.32 Å². The van der Waals surface area contributed by atoms with Gasteiger partial charge in [-0.15, -0.1) is 0 Å². The molecule has 0 spiro atoms. The highest BCUT2D eigenvalue weighted by atomic mass is 16.7. The number of ether oxygens (including phenoxy) is 1. The molecule has 0 radical (unpaired) electrons. The minimum Gasteiger partial charge on any atom is -0.508 e. The zero-order chi connectivity index (χ0) is 17.9. The average molecular weight is 343 g/mol. The summed E-state index contributed by atoms with van der Waals surface area (Å²) in [4.78, 5) is 11.4. The second-order valence-corrected chi connectivity index (χ2v) is 5.76. The van der Waals surface area contributed by atoms with Crippen molar-refractivity contribution in [2.45, 2.75) is 36.6 Å². The van der Waals surface area contributed by atoms with Crippen LogP contribution in [-0.2, 0) is 16.0 Å². The Morgan fingerprint density at radius 3 is 2.42 bits per heavy atom. The maximum absolute atomic E-state index is 11.4. The molecule has 1 heterocycles. The molecule has 2 rings (SSSR count). The van der Waals surface area contributed by atoms with Crippen LogP contribution in [0.3, 0.4) is 0 Å². The summed E-state index contributed by atoms with van der Waals surface area (Å²) in [6.45, 7) is -1.06. The Kier molecular flexibility index (Phi) is 5.75. The Hall–Kier alpha value is -1.75. The predicted molar refractivity (Wildman–Crippen MR) is 80.2 cm³/mol. The van der Waals surface area contributed by atoms with Crippen LogP contribution < -0.4 is 5.32 Å². The molecule has 0 amide bonds. The van der Waals surface area contributed by atoms with E-state index in [1.807, 2.05) is 0 Å². The highest BCUT2D eigenvalue weighted by Gasteiger charge is 2.53. The van der Waals surface area contributed by atoms with E-state index in [1.165, 1.54) is 12.1 Å². The van der Waals surface area contributed by atoms with E-state index in [0.717, 1.165) is 0 Å². The molecule has 0 bridgehead atoms. The van der Waals surface area contributed by atoms with Gasteiger partial charge < -0.3 is 35.4 Å². The molecule has 0 aromatic heterocycles. The van der Waals surface area contributed by atoms with Crippen LogP contribution in [0.2, 0.25) is 0 Å². The zero-order valence-corrected chi connectivity index (χ0v) is 12.7. The van der Waals surface area contributed by atoms with Gasteiger partial charge in [0.05, 0.1) is 13.2 Å². The number of phenolic OH excluding ortho intramolecular Hbond substituents is 1. The highest BCUT2D eigenvalue weighted by molar-refractivity contribution is 5.73. The molecule has 1 aliphatic rings. The summed E-state index contributed by atoms with van der Waals surface area (Å²) in [5.74, 6) is -3.34. The maximum atomic E-state index is 11.4. The number of aliphatic hydroxyl groups excluding tert-OH is 3. The first kappa shape index (κ1) is 18.6. The minimum absolute atomic E-state index is 0.0550. The van der Waals surface area contributed by atoms with Gasteiger partial charge >= 0.3 is 5.97 Å². The van der Waals surface area contributed by atoms with Crippen LogP contribution in [0.4, 0.5) is 0 Å². The number of aliphatic hydroxyl groups is 4. The van der Waals surface area contributed by atoms with Crippen molar-refractivity contribution in [1.29, 1.82) is 0 Å². The van der Waals surface area contributed by atoms with Crippen molar-refractivity contribution in [3.63, 3.8) is 0 Å². The van der Waals surface area contributed by atoms with Crippen molar-refractivity contribution in [2.24, 2.45) is 0 Å². The Labute approximate surface area is 137 Å². The standard InChI is InChI=1S/C15H21NO8/c17-6-11-12(19)13(20)15(23,24-11)7-16-10(14(21)22)5-8-1-3-9(18)4-2-8/h1-4,10-13,16-20,23H,5-7H2,(H,21,22)/t10-,11+,12+,13-,15?/m0/s1. The lowest BCUT2D eigenvalue weighted by atomic mass is 10.0. The molecule has 134 valence electrons. The van der Waals surface area contributed by atoms with Crippen LogP contribution in [-0.4, -0.2) is 79.9 Å². The molecule has 9 heteroatoms. The lowest BCUT2D eigenvalue weighted by Gasteiger charge is -2.28. The van der Waals surface area contributed by atoms with Crippen LogP contribution in [0.25, 0.3) is 0 Å². The van der Waals surface area contributed by atoms with Crippen LogP contribution >= 0.6 is 0 Å². The molecule has 1 fully saturated rings. The summed E-state index contributed by atoms with van der Waals surface area (Å²) in [7, 11) is 0. The largest absolute Gasteiger partial charge is 0.508 e. The molecule has 1 unspecified atom stereocenters. The first-order chi connectivity index (χ1) is 11.3. The van der Waals surface area contributed by atoms with E-state index in [9.17, 15) is 30.3 Å². The molecule has 1 saturated heterocycles. The zero-order valence-electron chi connectivity index (χ0n) is 12.7. The van der Waals surface area contributed by atoms with Gasteiger partial charge in [0.1, 0.15) is 30.1 Å². The quantitative estimate of drug-likeness (QED) is 0.291. The molecule has 5 atom stereocenters. The van der Waals surface area contributed by atoms with Gasteiger partial charge in [0.2, 0.25) is 5.79 Å². The highest BCUT2D eigenvalue weighted by Crippen LogP contribution is 2.28. The monoisotopic (exact) mass is 343 g/mol. The number of rotatable bonds is 7. The van der Waals surface area contributed by atoms with Crippen molar-refractivity contribution >= 4 is 5.97 Å². The summed E-state index contributed by atoms with van der Waals surface area (Å²) in [5.41, 5.74) is 0.640. The number of aromatic hydroxyl groups is 1. The number of benzene rings is 1. The number of hydrogen-bond acceptors (Lipinski definition) is 8. The van der Waals surface area contributed by atoms with Gasteiger partial charge in [-0.1, -0.05) is 12.1 Å². The Balaban J connectivity index is 2.01. The molecular formula is C15H21NO8. The van der Waals surface area contributed by atoms with Gasteiger partial charge in [-0.2, -0.15) is 0 Å². The third-order valence-electron chi connectivity index (χ3n) is 3.98. The summed E-state index contributed by atoms with van der Waals surface area (Å²) in [6.07, 6.45) is -4.27. The fourth-order valence-corrected chi connectivity index (χ4v) is 2.55. The van der Waals surface area contributed by atoms with Crippen molar-refractivity contribution < 1.29 is 40.2 Å². The number of aliphatic carboxylic acids is 1.